The fourth-order valence-corrected chi connectivity index (χ4v) is 2.18. The first-order valence-electron chi connectivity index (χ1n) is 5.80. The van der Waals surface area contributed by atoms with Crippen LogP contribution in [-0.4, -0.2) is 10.7 Å². The van der Waals surface area contributed by atoms with Gasteiger partial charge in [0, 0.05) is 11.6 Å². The van der Waals surface area contributed by atoms with Gasteiger partial charge in [-0.2, -0.15) is 0 Å². The van der Waals surface area contributed by atoms with Gasteiger partial charge in [0.1, 0.15) is 0 Å². The third kappa shape index (κ3) is 3.19. The zero-order valence-electron chi connectivity index (χ0n) is 10.3. The average molecular weight is 332 g/mol. The molecule has 0 unspecified atom stereocenters. The normalized spacial score (nSPS) is 11.2. The molecule has 5 heteroatoms. The van der Waals surface area contributed by atoms with Crippen molar-refractivity contribution >= 4 is 33.5 Å². The van der Waals surface area contributed by atoms with Gasteiger partial charge in [0.2, 0.25) is 0 Å². The van der Waals surface area contributed by atoms with E-state index in [9.17, 15) is 14.9 Å². The fourth-order valence-electron chi connectivity index (χ4n) is 1.71. The molecule has 0 N–H and O–H groups in total. The maximum atomic E-state index is 12.1. The Balaban J connectivity index is 2.36. The first-order valence-corrected chi connectivity index (χ1v) is 6.59. The smallest absolute Gasteiger partial charge is 0.276 e. The highest BCUT2D eigenvalue weighted by Gasteiger charge is 2.14. The van der Waals surface area contributed by atoms with E-state index in [0.717, 1.165) is 0 Å². The van der Waals surface area contributed by atoms with E-state index < -0.39 is 4.92 Å². The van der Waals surface area contributed by atoms with Gasteiger partial charge in [-0.25, -0.2) is 0 Å². The Labute approximate surface area is 124 Å². The van der Waals surface area contributed by atoms with E-state index in [1.165, 1.54) is 12.1 Å². The molecule has 0 heterocycles. The van der Waals surface area contributed by atoms with Crippen molar-refractivity contribution in [1.82, 2.24) is 0 Å². The lowest BCUT2D eigenvalue weighted by molar-refractivity contribution is -0.385. The Morgan fingerprint density at radius 1 is 1.05 bits per heavy atom. The quantitative estimate of drug-likeness (QED) is 0.365. The number of Topliss-reactive ketones (excluding diaryl/α,β-unsaturated/α-hetero) is 1. The monoisotopic (exact) mass is 331 g/mol. The molecule has 0 atom stereocenters. The Morgan fingerprint density at radius 3 is 2.30 bits per heavy atom. The van der Waals surface area contributed by atoms with Crippen LogP contribution >= 0.6 is 15.9 Å². The van der Waals surface area contributed by atoms with Gasteiger partial charge in [-0.05, 0) is 28.1 Å². The Kier molecular flexibility index (Phi) is 4.42. The second kappa shape index (κ2) is 6.25. The largest absolute Gasteiger partial charge is 0.288 e. The summed E-state index contributed by atoms with van der Waals surface area (Å²) in [5.41, 5.74) is 0.869. The Hall–Kier alpha value is -2.27. The van der Waals surface area contributed by atoms with Crippen molar-refractivity contribution in [2.24, 2.45) is 0 Å². The molecule has 0 aromatic heterocycles. The van der Waals surface area contributed by atoms with E-state index >= 15 is 0 Å². The van der Waals surface area contributed by atoms with Crippen LogP contribution in [-0.2, 0) is 0 Å². The predicted molar refractivity (Wildman–Crippen MR) is 80.8 cm³/mol. The van der Waals surface area contributed by atoms with E-state index in [2.05, 4.69) is 15.9 Å². The summed E-state index contributed by atoms with van der Waals surface area (Å²) in [6.07, 6.45) is 1.47. The molecule has 2 aromatic rings. The van der Waals surface area contributed by atoms with Crippen LogP contribution in [0.3, 0.4) is 0 Å². The topological polar surface area (TPSA) is 60.2 Å². The summed E-state index contributed by atoms with van der Waals surface area (Å²) in [5.74, 6) is -0.219. The highest BCUT2D eigenvalue weighted by Crippen LogP contribution is 2.24. The van der Waals surface area contributed by atoms with E-state index in [4.69, 9.17) is 0 Å². The van der Waals surface area contributed by atoms with Crippen molar-refractivity contribution in [2.75, 3.05) is 0 Å². The van der Waals surface area contributed by atoms with Crippen LogP contribution in [0.4, 0.5) is 5.69 Å². The summed E-state index contributed by atoms with van der Waals surface area (Å²) in [6.45, 7) is 0. The first kappa shape index (κ1) is 14.1. The highest BCUT2D eigenvalue weighted by molar-refractivity contribution is 9.12. The van der Waals surface area contributed by atoms with Gasteiger partial charge in [0.05, 0.1) is 15.0 Å². The summed E-state index contributed by atoms with van der Waals surface area (Å²) in [6, 6.07) is 15.0. The van der Waals surface area contributed by atoms with Crippen molar-refractivity contribution in [3.8, 4) is 0 Å². The number of rotatable bonds is 4. The van der Waals surface area contributed by atoms with Crippen LogP contribution in [0, 0.1) is 10.1 Å². The van der Waals surface area contributed by atoms with Gasteiger partial charge in [-0.1, -0.05) is 42.5 Å². The average Bonchev–Trinajstić information content (AvgIpc) is 2.47. The number of nitro benzene ring substituents is 1. The van der Waals surface area contributed by atoms with Crippen LogP contribution in [0.5, 0.6) is 0 Å². The molecule has 4 nitrogen and oxygen atoms in total. The fraction of sp³-hybridized carbons (Fsp3) is 0. The van der Waals surface area contributed by atoms with Crippen molar-refractivity contribution in [2.45, 2.75) is 0 Å². The minimum absolute atomic E-state index is 0.0367. The van der Waals surface area contributed by atoms with Gasteiger partial charge < -0.3 is 0 Å². The molecule has 0 bridgehead atoms. The second-order valence-electron chi connectivity index (χ2n) is 4.00. The van der Waals surface area contributed by atoms with E-state index in [1.807, 2.05) is 6.07 Å². The van der Waals surface area contributed by atoms with Crippen molar-refractivity contribution < 1.29 is 9.72 Å². The molecule has 2 aromatic carbocycles. The molecule has 0 spiro atoms. The van der Waals surface area contributed by atoms with Gasteiger partial charge in [-0.15, -0.1) is 0 Å². The summed E-state index contributed by atoms with van der Waals surface area (Å²) in [4.78, 5) is 22.6. The molecule has 2 rings (SSSR count). The standard InChI is InChI=1S/C15H10BrNO3/c16-13(15(18)11-6-2-1-3-7-11)10-12-8-4-5-9-14(12)17(19)20/h1-10H. The molecule has 0 aliphatic carbocycles. The number of allylic oxidation sites excluding steroid dienone is 1. The van der Waals surface area contributed by atoms with E-state index in [-0.39, 0.29) is 16.0 Å². The molecule has 0 amide bonds. The number of ketones is 1. The number of nitrogens with zero attached hydrogens (tertiary/aromatic N) is 1. The molecule has 0 radical (unpaired) electrons. The van der Waals surface area contributed by atoms with Gasteiger partial charge in [0.25, 0.3) is 5.69 Å². The molecule has 20 heavy (non-hydrogen) atoms. The van der Waals surface area contributed by atoms with Crippen molar-refractivity contribution in [1.29, 1.82) is 0 Å². The molecule has 0 saturated carbocycles. The molecule has 0 fully saturated rings. The number of halogens is 1. The van der Waals surface area contributed by atoms with E-state index in [1.54, 1.807) is 42.5 Å². The lowest BCUT2D eigenvalue weighted by Crippen LogP contribution is -1.98. The maximum Gasteiger partial charge on any atom is 0.276 e. The molecular formula is C15H10BrNO3. The van der Waals surface area contributed by atoms with Gasteiger partial charge >= 0.3 is 0 Å². The van der Waals surface area contributed by atoms with Crippen LogP contribution in [0.1, 0.15) is 15.9 Å². The van der Waals surface area contributed by atoms with Crippen LogP contribution in [0.15, 0.2) is 59.1 Å². The zero-order valence-corrected chi connectivity index (χ0v) is 11.9. The zero-order chi connectivity index (χ0) is 14.5. The number of para-hydroxylation sites is 1. The summed E-state index contributed by atoms with van der Waals surface area (Å²) >= 11 is 3.19. The predicted octanol–water partition coefficient (Wildman–Crippen LogP) is 4.21. The summed E-state index contributed by atoms with van der Waals surface area (Å²) < 4.78 is 0.276. The van der Waals surface area contributed by atoms with Gasteiger partial charge in [-0.3, -0.25) is 14.9 Å². The maximum absolute atomic E-state index is 12.1. The number of hydrogen-bond acceptors (Lipinski definition) is 3. The first-order chi connectivity index (χ1) is 9.59. The third-order valence-electron chi connectivity index (χ3n) is 2.67. The summed E-state index contributed by atoms with van der Waals surface area (Å²) in [5, 5.41) is 10.9. The Bertz CT molecular complexity index is 681. The molecular weight excluding hydrogens is 322 g/mol. The minimum Gasteiger partial charge on any atom is -0.288 e. The molecule has 100 valence electrons. The van der Waals surface area contributed by atoms with E-state index in [0.29, 0.717) is 11.1 Å². The summed E-state index contributed by atoms with van der Waals surface area (Å²) in [7, 11) is 0. The second-order valence-corrected chi connectivity index (χ2v) is 4.86. The lowest BCUT2D eigenvalue weighted by atomic mass is 10.1. The number of carbonyl (C=O) groups is 1. The van der Waals surface area contributed by atoms with Crippen molar-refractivity contribution in [3.05, 3.63) is 80.3 Å². The van der Waals surface area contributed by atoms with Crippen LogP contribution in [0.2, 0.25) is 0 Å². The number of carbonyl (C=O) groups excluding carboxylic acids is 1. The SMILES string of the molecule is O=C(C(Br)=Cc1ccccc1[N+](=O)[O-])c1ccccc1. The number of nitro groups is 1. The van der Waals surface area contributed by atoms with Crippen molar-refractivity contribution in [3.63, 3.8) is 0 Å². The molecule has 0 aliphatic heterocycles. The van der Waals surface area contributed by atoms with Crippen LogP contribution < -0.4 is 0 Å². The van der Waals surface area contributed by atoms with Crippen LogP contribution in [0.25, 0.3) is 6.08 Å². The number of hydrogen-bond donors (Lipinski definition) is 0. The van der Waals surface area contributed by atoms with Gasteiger partial charge in [0.15, 0.2) is 5.78 Å². The minimum atomic E-state index is -0.473. The molecule has 0 saturated heterocycles. The molecule has 0 aliphatic rings. The number of benzene rings is 2. The highest BCUT2D eigenvalue weighted by atomic mass is 79.9. The third-order valence-corrected chi connectivity index (χ3v) is 3.26. The Morgan fingerprint density at radius 2 is 1.65 bits per heavy atom. The lowest BCUT2D eigenvalue weighted by Gasteiger charge is -2.01.